The lowest BCUT2D eigenvalue weighted by atomic mass is 9.98. The Morgan fingerprint density at radius 3 is 2.80 bits per heavy atom. The first-order chi connectivity index (χ1) is 12.0. The number of carbonyl (C=O) groups excluding carboxylic acids is 1. The van der Waals surface area contributed by atoms with Crippen molar-refractivity contribution in [3.05, 3.63) is 53.4 Å². The molecule has 2 aromatic rings. The Bertz CT molecular complexity index is 733. The summed E-state index contributed by atoms with van der Waals surface area (Å²) in [4.78, 5) is 14.5. The van der Waals surface area contributed by atoms with E-state index in [1.807, 2.05) is 0 Å². The number of aromatic amines is 1. The Hall–Kier alpha value is -2.28. The van der Waals surface area contributed by atoms with Gasteiger partial charge in [0.05, 0.1) is 12.5 Å². The van der Waals surface area contributed by atoms with E-state index >= 15 is 0 Å². The number of halogens is 2. The molecule has 25 heavy (non-hydrogen) atoms. The summed E-state index contributed by atoms with van der Waals surface area (Å²) in [5.41, 5.74) is 1.41. The highest BCUT2D eigenvalue weighted by atomic mass is 19.2. The van der Waals surface area contributed by atoms with Crippen molar-refractivity contribution in [3.63, 3.8) is 0 Å². The molecule has 134 valence electrons. The van der Waals surface area contributed by atoms with Crippen LogP contribution in [0.4, 0.5) is 8.78 Å². The van der Waals surface area contributed by atoms with Gasteiger partial charge in [-0.05, 0) is 44.0 Å². The van der Waals surface area contributed by atoms with E-state index in [9.17, 15) is 13.6 Å². The molecule has 1 aromatic heterocycles. The normalized spacial score (nSPS) is 21.0. The van der Waals surface area contributed by atoms with E-state index in [1.165, 1.54) is 6.07 Å². The van der Waals surface area contributed by atoms with Crippen LogP contribution in [0.25, 0.3) is 0 Å². The fraction of sp³-hybridized carbons (Fsp3) is 0.444. The predicted molar refractivity (Wildman–Crippen MR) is 89.8 cm³/mol. The maximum absolute atomic E-state index is 13.7. The quantitative estimate of drug-likeness (QED) is 0.873. The average molecular weight is 348 g/mol. The smallest absolute Gasteiger partial charge is 0.226 e. The molecule has 2 N–H and O–H groups in total. The fourth-order valence-corrected chi connectivity index (χ4v) is 3.48. The number of nitrogens with zero attached hydrogens (tertiary/aromatic N) is 2. The van der Waals surface area contributed by atoms with Gasteiger partial charge in [-0.3, -0.25) is 14.8 Å². The molecule has 0 bridgehead atoms. The molecular formula is C18H22F2N4O. The highest BCUT2D eigenvalue weighted by Crippen LogP contribution is 2.34. The lowest BCUT2D eigenvalue weighted by Gasteiger charge is -2.32. The minimum Gasteiger partial charge on any atom is -0.351 e. The third-order valence-corrected chi connectivity index (χ3v) is 4.64. The number of hydrogen-bond donors (Lipinski definition) is 2. The van der Waals surface area contributed by atoms with E-state index in [1.54, 1.807) is 18.3 Å². The molecule has 2 atom stereocenters. The Morgan fingerprint density at radius 2 is 2.16 bits per heavy atom. The van der Waals surface area contributed by atoms with Crippen molar-refractivity contribution in [3.8, 4) is 0 Å². The first kappa shape index (κ1) is 17.5. The minimum atomic E-state index is -0.865. The van der Waals surface area contributed by atoms with Crippen LogP contribution in [0.3, 0.4) is 0 Å². The van der Waals surface area contributed by atoms with Crippen molar-refractivity contribution in [1.29, 1.82) is 0 Å². The van der Waals surface area contributed by atoms with Crippen molar-refractivity contribution in [2.24, 2.45) is 0 Å². The van der Waals surface area contributed by atoms with Gasteiger partial charge in [0.15, 0.2) is 11.6 Å². The van der Waals surface area contributed by atoms with Gasteiger partial charge in [-0.25, -0.2) is 8.78 Å². The summed E-state index contributed by atoms with van der Waals surface area (Å²) in [7, 11) is 0. The van der Waals surface area contributed by atoms with Gasteiger partial charge in [0.2, 0.25) is 5.91 Å². The molecule has 1 amide bonds. The van der Waals surface area contributed by atoms with Gasteiger partial charge in [-0.2, -0.15) is 5.10 Å². The van der Waals surface area contributed by atoms with Crippen molar-refractivity contribution >= 4 is 5.91 Å². The molecule has 0 radical (unpaired) electrons. The predicted octanol–water partition coefficient (Wildman–Crippen LogP) is 2.57. The zero-order valence-corrected chi connectivity index (χ0v) is 14.3. The monoisotopic (exact) mass is 348 g/mol. The summed E-state index contributed by atoms with van der Waals surface area (Å²) in [6, 6.07) is 5.62. The molecule has 1 aromatic carbocycles. The van der Waals surface area contributed by atoms with Crippen molar-refractivity contribution in [2.45, 2.75) is 44.8 Å². The third-order valence-electron chi connectivity index (χ3n) is 4.64. The minimum absolute atomic E-state index is 0.118. The second-order valence-corrected chi connectivity index (χ2v) is 6.67. The van der Waals surface area contributed by atoms with Gasteiger partial charge in [-0.1, -0.05) is 6.07 Å². The summed E-state index contributed by atoms with van der Waals surface area (Å²) < 4.78 is 27.0. The molecule has 5 nitrogen and oxygen atoms in total. The SMILES string of the molecule is CC(C)N1CC[C@@H](NC(=O)Cc2ccn[nH]2)[C@@H]1c1ccc(F)c(F)c1. The van der Waals surface area contributed by atoms with Crippen molar-refractivity contribution in [2.75, 3.05) is 6.54 Å². The zero-order valence-electron chi connectivity index (χ0n) is 14.3. The molecule has 7 heteroatoms. The number of likely N-dealkylation sites (tertiary alicyclic amines) is 1. The molecule has 0 aliphatic carbocycles. The summed E-state index contributed by atoms with van der Waals surface area (Å²) in [5.74, 6) is -1.85. The van der Waals surface area contributed by atoms with Crippen LogP contribution < -0.4 is 5.32 Å². The van der Waals surface area contributed by atoms with Gasteiger partial charge in [0.1, 0.15) is 0 Å². The lowest BCUT2D eigenvalue weighted by molar-refractivity contribution is -0.121. The molecule has 3 rings (SSSR count). The molecule has 1 fully saturated rings. The van der Waals surface area contributed by atoms with Gasteiger partial charge in [-0.15, -0.1) is 0 Å². The number of benzene rings is 1. The Morgan fingerprint density at radius 1 is 1.36 bits per heavy atom. The second kappa shape index (κ2) is 7.31. The van der Waals surface area contributed by atoms with Crippen LogP contribution in [0.15, 0.2) is 30.5 Å². The van der Waals surface area contributed by atoms with Crippen molar-refractivity contribution < 1.29 is 13.6 Å². The number of H-pyrrole nitrogens is 1. The summed E-state index contributed by atoms with van der Waals surface area (Å²) in [6.07, 6.45) is 2.57. The Kier molecular flexibility index (Phi) is 5.13. The standard InChI is InChI=1S/C18H22F2N4O/c1-11(2)24-8-6-16(22-17(25)10-13-5-7-21-23-13)18(24)12-3-4-14(19)15(20)9-12/h3-5,7,9,11,16,18H,6,8,10H2,1-2H3,(H,21,23)(H,22,25)/t16-,18+/m1/s1. The molecule has 0 unspecified atom stereocenters. The van der Waals surface area contributed by atoms with Gasteiger partial charge < -0.3 is 5.32 Å². The first-order valence-electron chi connectivity index (χ1n) is 8.44. The highest BCUT2D eigenvalue weighted by Gasteiger charge is 2.37. The van der Waals surface area contributed by atoms with E-state index in [4.69, 9.17) is 0 Å². The zero-order chi connectivity index (χ0) is 18.0. The number of nitrogens with one attached hydrogen (secondary N) is 2. The third kappa shape index (κ3) is 3.87. The van der Waals surface area contributed by atoms with Crippen LogP contribution >= 0.6 is 0 Å². The largest absolute Gasteiger partial charge is 0.351 e. The van der Waals surface area contributed by atoms with E-state index in [-0.39, 0.29) is 30.5 Å². The van der Waals surface area contributed by atoms with Crippen LogP contribution in [0.1, 0.15) is 37.6 Å². The highest BCUT2D eigenvalue weighted by molar-refractivity contribution is 5.78. The van der Waals surface area contributed by atoms with Gasteiger partial charge in [0.25, 0.3) is 0 Å². The number of carbonyl (C=O) groups is 1. The molecule has 1 aliphatic heterocycles. The van der Waals surface area contributed by atoms with Gasteiger partial charge in [0, 0.05) is 30.5 Å². The van der Waals surface area contributed by atoms with Gasteiger partial charge >= 0.3 is 0 Å². The Balaban J connectivity index is 1.79. The second-order valence-electron chi connectivity index (χ2n) is 6.67. The van der Waals surface area contributed by atoms with E-state index in [0.29, 0.717) is 5.56 Å². The molecule has 0 spiro atoms. The fourth-order valence-electron chi connectivity index (χ4n) is 3.48. The van der Waals surface area contributed by atoms with Crippen LogP contribution in [-0.2, 0) is 11.2 Å². The van der Waals surface area contributed by atoms with Crippen LogP contribution in [0.5, 0.6) is 0 Å². The molecular weight excluding hydrogens is 326 g/mol. The van der Waals surface area contributed by atoms with E-state index < -0.39 is 11.6 Å². The maximum atomic E-state index is 13.7. The molecule has 1 saturated heterocycles. The first-order valence-corrected chi connectivity index (χ1v) is 8.44. The summed E-state index contributed by atoms with van der Waals surface area (Å²) in [6.45, 7) is 4.90. The maximum Gasteiger partial charge on any atom is 0.226 e. The number of rotatable bonds is 5. The van der Waals surface area contributed by atoms with Crippen molar-refractivity contribution in [1.82, 2.24) is 20.4 Å². The number of amides is 1. The Labute approximate surface area is 145 Å². The number of aromatic nitrogens is 2. The molecule has 0 saturated carbocycles. The van der Waals surface area contributed by atoms with E-state index in [0.717, 1.165) is 24.7 Å². The summed E-state index contributed by atoms with van der Waals surface area (Å²) in [5, 5.41) is 9.64. The molecule has 2 heterocycles. The molecule has 1 aliphatic rings. The van der Waals surface area contributed by atoms with Crippen LogP contribution in [0.2, 0.25) is 0 Å². The number of hydrogen-bond acceptors (Lipinski definition) is 3. The van der Waals surface area contributed by atoms with E-state index in [2.05, 4.69) is 34.3 Å². The lowest BCUT2D eigenvalue weighted by Crippen LogP contribution is -2.42. The average Bonchev–Trinajstić information content (AvgIpc) is 3.20. The van der Waals surface area contributed by atoms with Crippen LogP contribution in [0, 0.1) is 11.6 Å². The van der Waals surface area contributed by atoms with Crippen LogP contribution in [-0.4, -0.2) is 39.6 Å². The topological polar surface area (TPSA) is 61.0 Å². The summed E-state index contributed by atoms with van der Waals surface area (Å²) >= 11 is 0.